The van der Waals surface area contributed by atoms with Gasteiger partial charge in [-0.25, -0.2) is 19.6 Å². The minimum Gasteiger partial charge on any atom is -0.354 e. The van der Waals surface area contributed by atoms with E-state index in [1.54, 1.807) is 35.5 Å². The van der Waals surface area contributed by atoms with Crippen molar-refractivity contribution in [2.45, 2.75) is 13.0 Å². The van der Waals surface area contributed by atoms with Crippen molar-refractivity contribution >= 4 is 11.9 Å². The van der Waals surface area contributed by atoms with Gasteiger partial charge in [0.1, 0.15) is 0 Å². The highest BCUT2D eigenvalue weighted by atomic mass is 16.1. The quantitative estimate of drug-likeness (QED) is 0.677. The van der Waals surface area contributed by atoms with Crippen LogP contribution >= 0.6 is 0 Å². The third kappa shape index (κ3) is 4.13. The molecule has 122 valence electrons. The van der Waals surface area contributed by atoms with E-state index in [2.05, 4.69) is 30.7 Å². The summed E-state index contributed by atoms with van der Waals surface area (Å²) in [4.78, 5) is 24.4. The fourth-order valence-electron chi connectivity index (χ4n) is 2.13. The van der Waals surface area contributed by atoms with E-state index < -0.39 is 0 Å². The van der Waals surface area contributed by atoms with Crippen molar-refractivity contribution in [1.82, 2.24) is 30.0 Å². The Hall–Kier alpha value is -3.29. The molecule has 0 atom stereocenters. The zero-order chi connectivity index (χ0) is 16.6. The summed E-state index contributed by atoms with van der Waals surface area (Å²) in [7, 11) is 0. The van der Waals surface area contributed by atoms with Crippen molar-refractivity contribution in [2.24, 2.45) is 0 Å². The molecular weight excluding hydrogens is 306 g/mol. The van der Waals surface area contributed by atoms with Gasteiger partial charge in [-0.05, 0) is 18.2 Å². The number of pyridine rings is 1. The summed E-state index contributed by atoms with van der Waals surface area (Å²) in [5.41, 5.74) is 0.897. The summed E-state index contributed by atoms with van der Waals surface area (Å²) in [5, 5.41) is 10.1. The number of aromatic nitrogens is 5. The van der Waals surface area contributed by atoms with E-state index >= 15 is 0 Å². The lowest BCUT2D eigenvalue weighted by Crippen LogP contribution is -2.25. The van der Waals surface area contributed by atoms with Crippen LogP contribution < -0.4 is 10.6 Å². The first kappa shape index (κ1) is 15.6. The number of nitrogens with zero attached hydrogens (tertiary/aromatic N) is 5. The number of carbonyl (C=O) groups excluding carboxylic acids is 1. The monoisotopic (exact) mass is 323 g/mol. The molecule has 3 rings (SSSR count). The van der Waals surface area contributed by atoms with Crippen molar-refractivity contribution in [3.8, 4) is 5.82 Å². The van der Waals surface area contributed by atoms with Crippen molar-refractivity contribution in [3.05, 3.63) is 60.8 Å². The van der Waals surface area contributed by atoms with E-state index in [4.69, 9.17) is 0 Å². The zero-order valence-electron chi connectivity index (χ0n) is 13.0. The van der Waals surface area contributed by atoms with E-state index in [-0.39, 0.29) is 5.91 Å². The molecule has 0 saturated heterocycles. The van der Waals surface area contributed by atoms with Gasteiger partial charge in [-0.2, -0.15) is 5.10 Å². The van der Waals surface area contributed by atoms with Crippen LogP contribution in [0.4, 0.5) is 5.95 Å². The molecule has 0 aliphatic carbocycles. The number of hydrogen-bond acceptors (Lipinski definition) is 6. The molecule has 8 heteroatoms. The second-order valence-corrected chi connectivity index (χ2v) is 4.96. The second kappa shape index (κ2) is 7.82. The van der Waals surface area contributed by atoms with Crippen LogP contribution in [0.15, 0.2) is 55.2 Å². The summed E-state index contributed by atoms with van der Waals surface area (Å²) in [5.74, 6) is 1.16. The Bertz CT molecular complexity index is 774. The molecule has 3 heterocycles. The number of nitrogens with one attached hydrogen (secondary N) is 2. The van der Waals surface area contributed by atoms with E-state index in [0.29, 0.717) is 31.3 Å². The van der Waals surface area contributed by atoms with E-state index in [0.717, 1.165) is 5.56 Å². The molecule has 1 amide bonds. The first-order valence-electron chi connectivity index (χ1n) is 7.54. The summed E-state index contributed by atoms with van der Waals surface area (Å²) >= 11 is 0. The lowest BCUT2D eigenvalue weighted by molar-refractivity contribution is -0.121. The average Bonchev–Trinajstić information content (AvgIpc) is 3.16. The summed E-state index contributed by atoms with van der Waals surface area (Å²) in [6.07, 6.45) is 8.83. The minimum absolute atomic E-state index is 0.0614. The minimum atomic E-state index is -0.0614. The van der Waals surface area contributed by atoms with Crippen LogP contribution in [0.1, 0.15) is 12.0 Å². The van der Waals surface area contributed by atoms with Crippen molar-refractivity contribution in [2.75, 3.05) is 11.9 Å². The van der Waals surface area contributed by atoms with Crippen LogP contribution in [-0.2, 0) is 11.3 Å². The van der Waals surface area contributed by atoms with Crippen LogP contribution in [0.2, 0.25) is 0 Å². The molecule has 0 unspecified atom stereocenters. The predicted octanol–water partition coefficient (Wildman–Crippen LogP) is 1.18. The van der Waals surface area contributed by atoms with Crippen molar-refractivity contribution in [3.63, 3.8) is 0 Å². The molecule has 0 aliphatic rings. The molecule has 8 nitrogen and oxygen atoms in total. The van der Waals surface area contributed by atoms with Gasteiger partial charge < -0.3 is 10.6 Å². The number of rotatable bonds is 7. The molecule has 0 aliphatic heterocycles. The molecule has 0 spiro atoms. The van der Waals surface area contributed by atoms with E-state index in [1.165, 1.54) is 0 Å². The predicted molar refractivity (Wildman–Crippen MR) is 88.3 cm³/mol. The number of anilines is 1. The van der Waals surface area contributed by atoms with Gasteiger partial charge in [0.25, 0.3) is 0 Å². The largest absolute Gasteiger partial charge is 0.354 e. The van der Waals surface area contributed by atoms with Gasteiger partial charge >= 0.3 is 0 Å². The van der Waals surface area contributed by atoms with Crippen LogP contribution in [-0.4, -0.2) is 37.2 Å². The third-order valence-corrected chi connectivity index (χ3v) is 3.27. The SMILES string of the molecule is O=C(CCNc1ncccn1)NCc1cccnc1-n1cccn1. The van der Waals surface area contributed by atoms with Gasteiger partial charge in [0.05, 0.1) is 0 Å². The zero-order valence-corrected chi connectivity index (χ0v) is 13.0. The molecule has 0 radical (unpaired) electrons. The summed E-state index contributed by atoms with van der Waals surface area (Å²) in [6.45, 7) is 0.860. The van der Waals surface area contributed by atoms with Gasteiger partial charge in [-0.15, -0.1) is 0 Å². The fraction of sp³-hybridized carbons (Fsp3) is 0.188. The topological polar surface area (TPSA) is 97.6 Å². The fourth-order valence-corrected chi connectivity index (χ4v) is 2.13. The first-order chi connectivity index (χ1) is 11.8. The van der Waals surface area contributed by atoms with Gasteiger partial charge in [-0.1, -0.05) is 6.07 Å². The van der Waals surface area contributed by atoms with E-state index in [1.807, 2.05) is 24.4 Å². The molecule has 0 fully saturated rings. The van der Waals surface area contributed by atoms with Crippen LogP contribution in [0, 0.1) is 0 Å². The highest BCUT2D eigenvalue weighted by molar-refractivity contribution is 5.76. The van der Waals surface area contributed by atoms with Gasteiger partial charge in [-0.3, -0.25) is 4.79 Å². The first-order valence-corrected chi connectivity index (χ1v) is 7.54. The maximum Gasteiger partial charge on any atom is 0.222 e. The molecule has 0 bridgehead atoms. The maximum atomic E-state index is 12.0. The molecular formula is C16H17N7O. The number of amides is 1. The lowest BCUT2D eigenvalue weighted by atomic mass is 10.2. The average molecular weight is 323 g/mol. The Morgan fingerprint density at radius 1 is 1.04 bits per heavy atom. The van der Waals surface area contributed by atoms with Crippen LogP contribution in [0.3, 0.4) is 0 Å². The third-order valence-electron chi connectivity index (χ3n) is 3.27. The van der Waals surface area contributed by atoms with Crippen molar-refractivity contribution < 1.29 is 4.79 Å². The lowest BCUT2D eigenvalue weighted by Gasteiger charge is -2.10. The molecule has 2 N–H and O–H groups in total. The standard InChI is InChI=1S/C16H17N7O/c24-14(5-10-20-16-18-7-2-8-19-16)21-12-13-4-1-6-17-15(13)23-11-3-9-22-23/h1-4,6-9,11H,5,10,12H2,(H,21,24)(H,18,19,20). The molecule has 0 saturated carbocycles. The maximum absolute atomic E-state index is 12.0. The molecule has 24 heavy (non-hydrogen) atoms. The van der Waals surface area contributed by atoms with Crippen LogP contribution in [0.25, 0.3) is 5.82 Å². The van der Waals surface area contributed by atoms with Crippen molar-refractivity contribution in [1.29, 1.82) is 0 Å². The Morgan fingerprint density at radius 2 is 1.88 bits per heavy atom. The van der Waals surface area contributed by atoms with E-state index in [9.17, 15) is 4.79 Å². The summed E-state index contributed by atoms with van der Waals surface area (Å²) in [6, 6.07) is 7.32. The normalized spacial score (nSPS) is 10.3. The number of carbonyl (C=O) groups is 1. The highest BCUT2D eigenvalue weighted by Crippen LogP contribution is 2.09. The molecule has 3 aromatic rings. The Labute approximate surface area is 139 Å². The van der Waals surface area contributed by atoms with Crippen LogP contribution in [0.5, 0.6) is 0 Å². The summed E-state index contributed by atoms with van der Waals surface area (Å²) < 4.78 is 1.68. The molecule has 3 aromatic heterocycles. The Morgan fingerprint density at radius 3 is 2.67 bits per heavy atom. The second-order valence-electron chi connectivity index (χ2n) is 4.96. The Balaban J connectivity index is 1.50. The molecule has 0 aromatic carbocycles. The van der Waals surface area contributed by atoms with Gasteiger partial charge in [0.15, 0.2) is 5.82 Å². The smallest absolute Gasteiger partial charge is 0.222 e. The Kier molecular flexibility index (Phi) is 5.08. The van der Waals surface area contributed by atoms with Gasteiger partial charge in [0.2, 0.25) is 11.9 Å². The number of hydrogen-bond donors (Lipinski definition) is 2. The highest BCUT2D eigenvalue weighted by Gasteiger charge is 2.08. The van der Waals surface area contributed by atoms with Gasteiger partial charge in [0, 0.05) is 56.1 Å².